The van der Waals surface area contributed by atoms with Crippen LogP contribution in [0.15, 0.2) is 41.3 Å². The van der Waals surface area contributed by atoms with Crippen molar-refractivity contribution in [2.24, 2.45) is 0 Å². The molecule has 0 atom stereocenters. The Morgan fingerprint density at radius 2 is 2.00 bits per heavy atom. The first-order valence-electron chi connectivity index (χ1n) is 6.35. The monoisotopic (exact) mass is 318 g/mol. The number of hydrogen-bond acceptors (Lipinski definition) is 3. The van der Waals surface area contributed by atoms with E-state index in [1.54, 1.807) is 36.0 Å². The van der Waals surface area contributed by atoms with Crippen molar-refractivity contribution in [1.82, 2.24) is 0 Å². The molecular weight excluding hydrogens is 308 g/mol. The fourth-order valence-corrected chi connectivity index (χ4v) is 3.58. The predicted molar refractivity (Wildman–Crippen MR) is 82.2 cm³/mol. The van der Waals surface area contributed by atoms with Crippen molar-refractivity contribution >= 4 is 35.1 Å². The highest BCUT2D eigenvalue weighted by molar-refractivity contribution is 7.98. The first kappa shape index (κ1) is 14.2. The van der Waals surface area contributed by atoms with Crippen LogP contribution in [0, 0.1) is 0 Å². The summed E-state index contributed by atoms with van der Waals surface area (Å²) in [6, 6.07) is 10.5. The summed E-state index contributed by atoms with van der Waals surface area (Å²) in [7, 11) is 0. The molecule has 0 bridgehead atoms. The van der Waals surface area contributed by atoms with Gasteiger partial charge in [-0.15, -0.1) is 11.8 Å². The summed E-state index contributed by atoms with van der Waals surface area (Å²) < 4.78 is 0. The van der Waals surface area contributed by atoms with E-state index >= 15 is 0 Å². The van der Waals surface area contributed by atoms with Gasteiger partial charge in [0.25, 0.3) is 0 Å². The zero-order chi connectivity index (χ0) is 15.0. The third-order valence-corrected chi connectivity index (χ3v) is 4.70. The summed E-state index contributed by atoms with van der Waals surface area (Å²) in [5.74, 6) is -0.308. The Morgan fingerprint density at radius 1 is 1.19 bits per heavy atom. The second kappa shape index (κ2) is 5.54. The van der Waals surface area contributed by atoms with E-state index in [9.17, 15) is 9.59 Å². The molecule has 21 heavy (non-hydrogen) atoms. The molecule has 1 aliphatic heterocycles. The van der Waals surface area contributed by atoms with Gasteiger partial charge in [0.2, 0.25) is 0 Å². The van der Waals surface area contributed by atoms with E-state index < -0.39 is 5.97 Å². The number of carboxylic acid groups (broad SMARTS) is 1. The van der Waals surface area contributed by atoms with Gasteiger partial charge < -0.3 is 5.11 Å². The SMILES string of the molecule is O=C(O)Cc1ccc2c(c1)C(=O)c1ccc(Cl)cc1CS2. The molecule has 0 saturated carbocycles. The minimum Gasteiger partial charge on any atom is -0.481 e. The maximum Gasteiger partial charge on any atom is 0.307 e. The highest BCUT2D eigenvalue weighted by atomic mass is 35.5. The van der Waals surface area contributed by atoms with Gasteiger partial charge in [-0.05, 0) is 41.5 Å². The maximum atomic E-state index is 12.7. The van der Waals surface area contributed by atoms with Gasteiger partial charge in [-0.3, -0.25) is 9.59 Å². The molecule has 2 aromatic carbocycles. The van der Waals surface area contributed by atoms with Crippen LogP contribution in [0.3, 0.4) is 0 Å². The third-order valence-electron chi connectivity index (χ3n) is 3.34. The number of thioether (sulfide) groups is 1. The first-order chi connectivity index (χ1) is 10.0. The number of carbonyl (C=O) groups is 2. The van der Waals surface area contributed by atoms with E-state index in [-0.39, 0.29) is 12.2 Å². The molecule has 1 N–H and O–H groups in total. The van der Waals surface area contributed by atoms with Crippen LogP contribution in [0.2, 0.25) is 5.02 Å². The summed E-state index contributed by atoms with van der Waals surface area (Å²) in [6.07, 6.45) is -0.0846. The van der Waals surface area contributed by atoms with Crippen molar-refractivity contribution in [3.63, 3.8) is 0 Å². The second-order valence-electron chi connectivity index (χ2n) is 4.82. The average Bonchev–Trinajstić information content (AvgIpc) is 2.56. The summed E-state index contributed by atoms with van der Waals surface area (Å²) in [6.45, 7) is 0. The van der Waals surface area contributed by atoms with E-state index in [1.807, 2.05) is 12.1 Å². The van der Waals surface area contributed by atoms with Crippen molar-refractivity contribution in [2.75, 3.05) is 0 Å². The summed E-state index contributed by atoms with van der Waals surface area (Å²) in [5, 5.41) is 9.49. The lowest BCUT2D eigenvalue weighted by atomic mass is 9.97. The minimum absolute atomic E-state index is 0.0751. The lowest BCUT2D eigenvalue weighted by Crippen LogP contribution is -2.06. The fourth-order valence-electron chi connectivity index (χ4n) is 2.37. The number of carbonyl (C=O) groups excluding carboxylic acids is 1. The zero-order valence-electron chi connectivity index (χ0n) is 10.9. The second-order valence-corrected chi connectivity index (χ2v) is 6.27. The molecule has 2 aromatic rings. The number of fused-ring (bicyclic) bond motifs is 2. The van der Waals surface area contributed by atoms with Crippen molar-refractivity contribution in [3.05, 3.63) is 63.7 Å². The summed E-state index contributed by atoms with van der Waals surface area (Å²) in [4.78, 5) is 24.4. The number of carboxylic acids is 1. The lowest BCUT2D eigenvalue weighted by Gasteiger charge is -2.07. The van der Waals surface area contributed by atoms with E-state index in [2.05, 4.69) is 0 Å². The molecule has 3 rings (SSSR count). The van der Waals surface area contributed by atoms with Gasteiger partial charge in [0.1, 0.15) is 0 Å². The van der Waals surface area contributed by atoms with Crippen LogP contribution in [-0.2, 0) is 17.0 Å². The van der Waals surface area contributed by atoms with E-state index in [1.165, 1.54) is 0 Å². The van der Waals surface area contributed by atoms with E-state index in [0.29, 0.717) is 27.5 Å². The van der Waals surface area contributed by atoms with Crippen LogP contribution in [-0.4, -0.2) is 16.9 Å². The molecule has 0 fully saturated rings. The van der Waals surface area contributed by atoms with Gasteiger partial charge in [-0.25, -0.2) is 0 Å². The smallest absolute Gasteiger partial charge is 0.307 e. The summed E-state index contributed by atoms with van der Waals surface area (Å²) in [5.41, 5.74) is 2.75. The Morgan fingerprint density at radius 3 is 2.76 bits per heavy atom. The number of aliphatic carboxylic acids is 1. The van der Waals surface area contributed by atoms with Crippen molar-refractivity contribution in [3.8, 4) is 0 Å². The molecule has 0 spiro atoms. The van der Waals surface area contributed by atoms with Gasteiger partial charge >= 0.3 is 5.97 Å². The molecular formula is C16H11ClO3S. The largest absolute Gasteiger partial charge is 0.481 e. The average molecular weight is 319 g/mol. The molecule has 106 valence electrons. The highest BCUT2D eigenvalue weighted by Gasteiger charge is 2.22. The van der Waals surface area contributed by atoms with Gasteiger partial charge in [0, 0.05) is 26.8 Å². The van der Waals surface area contributed by atoms with E-state index in [0.717, 1.165) is 10.5 Å². The molecule has 0 radical (unpaired) electrons. The molecule has 0 aromatic heterocycles. The number of hydrogen-bond donors (Lipinski definition) is 1. The quantitative estimate of drug-likeness (QED) is 0.915. The van der Waals surface area contributed by atoms with Crippen LogP contribution >= 0.6 is 23.4 Å². The van der Waals surface area contributed by atoms with Crippen molar-refractivity contribution in [1.29, 1.82) is 0 Å². The maximum absolute atomic E-state index is 12.7. The fraction of sp³-hybridized carbons (Fsp3) is 0.125. The Bertz CT molecular complexity index is 755. The van der Waals surface area contributed by atoms with Gasteiger partial charge in [-0.1, -0.05) is 17.7 Å². The molecule has 0 amide bonds. The Hall–Kier alpha value is -1.78. The Balaban J connectivity index is 2.08. The highest BCUT2D eigenvalue weighted by Crippen LogP contribution is 2.35. The van der Waals surface area contributed by atoms with Crippen LogP contribution in [0.25, 0.3) is 0 Å². The molecule has 0 unspecified atom stereocenters. The van der Waals surface area contributed by atoms with Crippen molar-refractivity contribution < 1.29 is 14.7 Å². The molecule has 1 aliphatic rings. The standard InChI is InChI=1S/C16H11ClO3S/c17-11-2-3-12-10(7-11)8-21-14-4-1-9(6-15(18)19)5-13(14)16(12)20/h1-5,7H,6,8H2,(H,18,19). The van der Waals surface area contributed by atoms with Crippen LogP contribution < -0.4 is 0 Å². The van der Waals surface area contributed by atoms with Gasteiger partial charge in [-0.2, -0.15) is 0 Å². The van der Waals surface area contributed by atoms with Gasteiger partial charge in [0.15, 0.2) is 5.78 Å². The van der Waals surface area contributed by atoms with E-state index in [4.69, 9.17) is 16.7 Å². The molecule has 5 heteroatoms. The molecule has 3 nitrogen and oxygen atoms in total. The minimum atomic E-state index is -0.907. The predicted octanol–water partition coefficient (Wildman–Crippen LogP) is 3.80. The number of benzene rings is 2. The van der Waals surface area contributed by atoms with Gasteiger partial charge in [0.05, 0.1) is 6.42 Å². The molecule has 0 saturated heterocycles. The third kappa shape index (κ3) is 2.82. The molecule has 0 aliphatic carbocycles. The number of rotatable bonds is 2. The molecule has 1 heterocycles. The van der Waals surface area contributed by atoms with Crippen LogP contribution in [0.4, 0.5) is 0 Å². The lowest BCUT2D eigenvalue weighted by molar-refractivity contribution is -0.136. The topological polar surface area (TPSA) is 54.4 Å². The normalized spacial score (nSPS) is 13.3. The first-order valence-corrected chi connectivity index (χ1v) is 7.71. The van der Waals surface area contributed by atoms with Crippen LogP contribution in [0.1, 0.15) is 27.0 Å². The summed E-state index contributed by atoms with van der Waals surface area (Å²) >= 11 is 7.55. The number of halogens is 1. The van der Waals surface area contributed by atoms with Crippen molar-refractivity contribution in [2.45, 2.75) is 17.1 Å². The van der Waals surface area contributed by atoms with Crippen LogP contribution in [0.5, 0.6) is 0 Å². The number of ketones is 1. The zero-order valence-corrected chi connectivity index (χ0v) is 12.5. The Labute approximate surface area is 130 Å². The Kier molecular flexibility index (Phi) is 3.74.